The fourth-order valence-electron chi connectivity index (χ4n) is 2.22. The molecule has 2 aromatic rings. The van der Waals surface area contributed by atoms with Crippen molar-refractivity contribution < 1.29 is 14.4 Å². The quantitative estimate of drug-likeness (QED) is 0.647. The molecule has 1 heterocycles. The van der Waals surface area contributed by atoms with Crippen LogP contribution in [0.4, 0.5) is 11.4 Å². The molecule has 0 radical (unpaired) electrons. The number of anilines is 1. The summed E-state index contributed by atoms with van der Waals surface area (Å²) < 4.78 is 11.4. The predicted octanol–water partition coefficient (Wildman–Crippen LogP) is 3.57. The van der Waals surface area contributed by atoms with Gasteiger partial charge in [-0.1, -0.05) is 0 Å². The van der Waals surface area contributed by atoms with E-state index in [1.807, 2.05) is 18.2 Å². The molecule has 0 amide bonds. The molecular formula is C15H10BrN3O4. The van der Waals surface area contributed by atoms with Crippen molar-refractivity contribution >= 4 is 27.3 Å². The Bertz CT molecular complexity index is 832. The molecule has 116 valence electrons. The molecule has 23 heavy (non-hydrogen) atoms. The molecule has 0 spiro atoms. The van der Waals surface area contributed by atoms with Crippen LogP contribution in [0.1, 0.15) is 11.1 Å². The highest BCUT2D eigenvalue weighted by atomic mass is 79.9. The minimum Gasteiger partial charge on any atom is -0.454 e. The number of fused-ring (bicyclic) bond motifs is 1. The molecule has 0 aromatic heterocycles. The van der Waals surface area contributed by atoms with Gasteiger partial charge in [-0.05, 0) is 45.8 Å². The van der Waals surface area contributed by atoms with E-state index in [4.69, 9.17) is 14.7 Å². The number of ether oxygens (including phenoxy) is 2. The maximum atomic E-state index is 11.1. The summed E-state index contributed by atoms with van der Waals surface area (Å²) in [6.07, 6.45) is 0. The number of hydrogen-bond donors (Lipinski definition) is 1. The van der Waals surface area contributed by atoms with E-state index in [0.29, 0.717) is 23.7 Å². The van der Waals surface area contributed by atoms with Crippen molar-refractivity contribution in [1.29, 1.82) is 5.26 Å². The van der Waals surface area contributed by atoms with E-state index in [2.05, 4.69) is 21.2 Å². The van der Waals surface area contributed by atoms with Gasteiger partial charge in [0, 0.05) is 12.6 Å². The zero-order valence-electron chi connectivity index (χ0n) is 11.7. The number of benzene rings is 2. The van der Waals surface area contributed by atoms with Crippen molar-refractivity contribution in [2.24, 2.45) is 0 Å². The summed E-state index contributed by atoms with van der Waals surface area (Å²) in [4.78, 5) is 10.6. The molecule has 1 aliphatic rings. The largest absolute Gasteiger partial charge is 0.454 e. The van der Waals surface area contributed by atoms with Gasteiger partial charge in [0.2, 0.25) is 6.79 Å². The van der Waals surface area contributed by atoms with E-state index in [1.54, 1.807) is 0 Å². The van der Waals surface area contributed by atoms with E-state index in [1.165, 1.54) is 18.2 Å². The van der Waals surface area contributed by atoms with Crippen LogP contribution in [0.5, 0.6) is 11.5 Å². The Balaban J connectivity index is 1.83. The second-order valence-electron chi connectivity index (χ2n) is 4.77. The van der Waals surface area contributed by atoms with Crippen LogP contribution in [0.25, 0.3) is 0 Å². The molecule has 0 fully saturated rings. The Labute approximate surface area is 139 Å². The first-order chi connectivity index (χ1) is 11.1. The monoisotopic (exact) mass is 375 g/mol. The number of halogens is 1. The van der Waals surface area contributed by atoms with Gasteiger partial charge in [-0.25, -0.2) is 0 Å². The molecule has 2 aromatic carbocycles. The Hall–Kier alpha value is -2.79. The topological polar surface area (TPSA) is 97.4 Å². The molecule has 8 heteroatoms. The number of rotatable bonds is 4. The second-order valence-corrected chi connectivity index (χ2v) is 5.62. The number of nitro benzene ring substituents is 1. The van der Waals surface area contributed by atoms with Gasteiger partial charge in [0.1, 0.15) is 5.69 Å². The van der Waals surface area contributed by atoms with E-state index >= 15 is 0 Å². The lowest BCUT2D eigenvalue weighted by Crippen LogP contribution is -2.03. The van der Waals surface area contributed by atoms with Crippen molar-refractivity contribution in [1.82, 2.24) is 0 Å². The number of hydrogen-bond acceptors (Lipinski definition) is 6. The molecular weight excluding hydrogens is 366 g/mol. The van der Waals surface area contributed by atoms with Gasteiger partial charge in [-0.2, -0.15) is 5.26 Å². The number of nitrogens with zero attached hydrogens (tertiary/aromatic N) is 2. The van der Waals surface area contributed by atoms with Crippen molar-refractivity contribution in [3.05, 3.63) is 56.0 Å². The Morgan fingerprint density at radius 2 is 2.17 bits per heavy atom. The average Bonchev–Trinajstić information content (AvgIpc) is 3.01. The summed E-state index contributed by atoms with van der Waals surface area (Å²) in [5.41, 5.74) is 1.33. The second kappa shape index (κ2) is 6.14. The fraction of sp³-hybridized carbons (Fsp3) is 0.133. The van der Waals surface area contributed by atoms with Crippen molar-refractivity contribution in [3.8, 4) is 17.6 Å². The fourth-order valence-corrected chi connectivity index (χ4v) is 2.83. The summed E-state index contributed by atoms with van der Waals surface area (Å²) in [7, 11) is 0. The first-order valence-electron chi connectivity index (χ1n) is 6.59. The van der Waals surface area contributed by atoms with Gasteiger partial charge in [0.05, 0.1) is 21.0 Å². The van der Waals surface area contributed by atoms with E-state index < -0.39 is 4.92 Å². The third kappa shape index (κ3) is 3.05. The molecule has 7 nitrogen and oxygen atoms in total. The van der Waals surface area contributed by atoms with Crippen LogP contribution in [0, 0.1) is 21.4 Å². The van der Waals surface area contributed by atoms with Gasteiger partial charge in [0.15, 0.2) is 11.5 Å². The maximum absolute atomic E-state index is 11.1. The van der Waals surface area contributed by atoms with Crippen molar-refractivity contribution in [2.75, 3.05) is 12.1 Å². The molecule has 0 saturated carbocycles. The van der Waals surface area contributed by atoms with Crippen LogP contribution in [0.3, 0.4) is 0 Å². The third-order valence-electron chi connectivity index (χ3n) is 3.29. The highest BCUT2D eigenvalue weighted by Gasteiger charge is 2.19. The molecule has 0 bridgehead atoms. The summed E-state index contributed by atoms with van der Waals surface area (Å²) in [5, 5.41) is 23.0. The number of nitrogens with one attached hydrogen (secondary N) is 1. The highest BCUT2D eigenvalue weighted by Crippen LogP contribution is 2.40. The van der Waals surface area contributed by atoms with Crippen LogP contribution in [-0.2, 0) is 6.54 Å². The SMILES string of the molecule is N#Cc1ccc(NCc2cc(Br)c3c(c2)OCO3)c([N+](=O)[O-])c1. The molecule has 0 unspecified atom stereocenters. The molecule has 0 atom stereocenters. The lowest BCUT2D eigenvalue weighted by molar-refractivity contribution is -0.384. The van der Waals surface area contributed by atoms with Crippen LogP contribution < -0.4 is 14.8 Å². The molecule has 3 rings (SSSR count). The highest BCUT2D eigenvalue weighted by molar-refractivity contribution is 9.10. The normalized spacial score (nSPS) is 11.8. The molecule has 0 aliphatic carbocycles. The summed E-state index contributed by atoms with van der Waals surface area (Å²) in [5.74, 6) is 1.28. The lowest BCUT2D eigenvalue weighted by atomic mass is 10.1. The first kappa shape index (κ1) is 15.1. The van der Waals surface area contributed by atoms with E-state index in [-0.39, 0.29) is 18.0 Å². The zero-order chi connectivity index (χ0) is 16.4. The average molecular weight is 376 g/mol. The van der Waals surface area contributed by atoms with Gasteiger partial charge in [0.25, 0.3) is 5.69 Å². The smallest absolute Gasteiger partial charge is 0.293 e. The van der Waals surface area contributed by atoms with Crippen LogP contribution in [0.2, 0.25) is 0 Å². The summed E-state index contributed by atoms with van der Waals surface area (Å²) in [6, 6.07) is 9.87. The summed E-state index contributed by atoms with van der Waals surface area (Å²) >= 11 is 3.40. The molecule has 1 aliphatic heterocycles. The Morgan fingerprint density at radius 3 is 2.91 bits per heavy atom. The predicted molar refractivity (Wildman–Crippen MR) is 85.4 cm³/mol. The van der Waals surface area contributed by atoms with Crippen molar-refractivity contribution in [3.63, 3.8) is 0 Å². The van der Waals surface area contributed by atoms with Crippen molar-refractivity contribution in [2.45, 2.75) is 6.54 Å². The number of nitro groups is 1. The Morgan fingerprint density at radius 1 is 1.35 bits per heavy atom. The van der Waals surface area contributed by atoms with Gasteiger partial charge >= 0.3 is 0 Å². The van der Waals surface area contributed by atoms with E-state index in [9.17, 15) is 10.1 Å². The number of nitriles is 1. The molecule has 0 saturated heterocycles. The minimum atomic E-state index is -0.515. The zero-order valence-corrected chi connectivity index (χ0v) is 13.3. The standard InChI is InChI=1S/C15H10BrN3O4/c16-11-3-10(5-14-15(11)23-8-22-14)7-18-12-2-1-9(6-17)4-13(12)19(20)21/h1-5,18H,7-8H2. The third-order valence-corrected chi connectivity index (χ3v) is 3.88. The van der Waals surface area contributed by atoms with Crippen LogP contribution in [-0.4, -0.2) is 11.7 Å². The molecule has 1 N–H and O–H groups in total. The Kier molecular flexibility index (Phi) is 4.04. The first-order valence-corrected chi connectivity index (χ1v) is 7.38. The van der Waals surface area contributed by atoms with Gasteiger partial charge in [-0.3, -0.25) is 10.1 Å². The maximum Gasteiger partial charge on any atom is 0.293 e. The summed E-state index contributed by atoms with van der Waals surface area (Å²) in [6.45, 7) is 0.536. The van der Waals surface area contributed by atoms with E-state index in [0.717, 1.165) is 10.0 Å². The van der Waals surface area contributed by atoms with Crippen LogP contribution in [0.15, 0.2) is 34.8 Å². The van der Waals surface area contributed by atoms with Gasteiger partial charge in [-0.15, -0.1) is 0 Å². The van der Waals surface area contributed by atoms with Crippen LogP contribution >= 0.6 is 15.9 Å². The minimum absolute atomic E-state index is 0.135. The van der Waals surface area contributed by atoms with Gasteiger partial charge < -0.3 is 14.8 Å². The lowest BCUT2D eigenvalue weighted by Gasteiger charge is -2.09.